The number of nitrogen functional groups attached to an aromatic ring is 1. The lowest BCUT2D eigenvalue weighted by Gasteiger charge is -2.09. The third kappa shape index (κ3) is 5.28. The Hall–Kier alpha value is -3.44. The van der Waals surface area contributed by atoms with Crippen LogP contribution in [0.2, 0.25) is 0 Å². The van der Waals surface area contributed by atoms with Crippen molar-refractivity contribution < 1.29 is 32.7 Å². The Morgan fingerprint density at radius 1 is 1.32 bits per heavy atom. The van der Waals surface area contributed by atoms with Crippen LogP contribution in [0.5, 0.6) is 0 Å². The molecule has 9 nitrogen and oxygen atoms in total. The molecule has 2 amide bonds. The smallest absolute Gasteiger partial charge is 0.475 e. The molecule has 1 aromatic heterocycles. The molecule has 28 heavy (non-hydrogen) atoms. The predicted molar refractivity (Wildman–Crippen MR) is 90.6 cm³/mol. The summed E-state index contributed by atoms with van der Waals surface area (Å²) in [6.45, 7) is 0.896. The summed E-state index contributed by atoms with van der Waals surface area (Å²) in [5.41, 5.74) is 7.45. The first-order valence-corrected chi connectivity index (χ1v) is 7.94. The largest absolute Gasteiger partial charge is 0.490 e. The van der Waals surface area contributed by atoms with Gasteiger partial charge in [-0.25, -0.2) is 14.8 Å². The third-order valence-corrected chi connectivity index (χ3v) is 3.81. The Morgan fingerprint density at radius 3 is 2.57 bits per heavy atom. The molecule has 1 fully saturated rings. The molecule has 0 bridgehead atoms. The van der Waals surface area contributed by atoms with Gasteiger partial charge in [0.25, 0.3) is 0 Å². The molecule has 1 aromatic carbocycles. The fraction of sp³-hybridized carbons (Fsp3) is 0.312. The maximum absolute atomic E-state index is 11.9. The molecule has 0 spiro atoms. The van der Waals surface area contributed by atoms with E-state index in [1.54, 1.807) is 0 Å². The van der Waals surface area contributed by atoms with Gasteiger partial charge in [-0.1, -0.05) is 6.07 Å². The Kier molecular flexibility index (Phi) is 6.33. The molecule has 3 rings (SSSR count). The zero-order chi connectivity index (χ0) is 20.9. The number of carbonyl (C=O) groups is 3. The number of aromatic nitrogens is 2. The van der Waals surface area contributed by atoms with Gasteiger partial charge >= 0.3 is 12.1 Å². The number of halogens is 3. The van der Waals surface area contributed by atoms with Crippen LogP contribution in [0.25, 0.3) is 10.9 Å². The molecule has 2 heterocycles. The quantitative estimate of drug-likeness (QED) is 0.553. The van der Waals surface area contributed by atoms with Crippen LogP contribution >= 0.6 is 0 Å². The molecule has 150 valence electrons. The van der Waals surface area contributed by atoms with E-state index in [9.17, 15) is 22.8 Å². The summed E-state index contributed by atoms with van der Waals surface area (Å²) < 4.78 is 31.7. The highest BCUT2D eigenvalue weighted by Gasteiger charge is 2.38. The van der Waals surface area contributed by atoms with Gasteiger partial charge in [0, 0.05) is 18.5 Å². The van der Waals surface area contributed by atoms with Crippen LogP contribution in [0.4, 0.5) is 19.0 Å². The molecule has 1 aliphatic rings. The van der Waals surface area contributed by atoms with Crippen LogP contribution in [0.3, 0.4) is 0 Å². The second kappa shape index (κ2) is 8.50. The zero-order valence-electron chi connectivity index (χ0n) is 14.3. The van der Waals surface area contributed by atoms with E-state index in [0.29, 0.717) is 25.3 Å². The molecule has 1 saturated heterocycles. The van der Waals surface area contributed by atoms with Crippen LogP contribution in [0.15, 0.2) is 24.5 Å². The maximum Gasteiger partial charge on any atom is 0.490 e. The predicted octanol–water partition coefficient (Wildman–Crippen LogP) is 0.598. The van der Waals surface area contributed by atoms with E-state index in [4.69, 9.17) is 15.6 Å². The number of carboxylic acids is 1. The Balaban J connectivity index is 0.000000345. The molecule has 0 unspecified atom stereocenters. The van der Waals surface area contributed by atoms with Crippen molar-refractivity contribution in [1.82, 2.24) is 20.6 Å². The molecular weight excluding hydrogens is 383 g/mol. The van der Waals surface area contributed by atoms with Crippen LogP contribution in [-0.2, 0) is 20.9 Å². The lowest BCUT2D eigenvalue weighted by Crippen LogP contribution is -2.34. The summed E-state index contributed by atoms with van der Waals surface area (Å²) in [5, 5.41) is 13.3. The Bertz CT molecular complexity index is 903. The van der Waals surface area contributed by atoms with Crippen LogP contribution < -0.4 is 16.4 Å². The molecule has 1 atom stereocenters. The van der Waals surface area contributed by atoms with Crippen molar-refractivity contribution in [2.24, 2.45) is 5.92 Å². The Morgan fingerprint density at radius 2 is 2.00 bits per heavy atom. The number of hydrogen-bond acceptors (Lipinski definition) is 6. The molecule has 5 N–H and O–H groups in total. The van der Waals surface area contributed by atoms with E-state index < -0.39 is 18.1 Å². The summed E-state index contributed by atoms with van der Waals surface area (Å²) in [5.74, 6) is -3.39. The lowest BCUT2D eigenvalue weighted by atomic mass is 10.1. The second-order valence-electron chi connectivity index (χ2n) is 5.76. The molecule has 0 saturated carbocycles. The maximum atomic E-state index is 11.9. The number of nitrogens with one attached hydrogen (secondary N) is 2. The number of carboxylic acid groups (broad SMARTS) is 1. The average molecular weight is 399 g/mol. The van der Waals surface area contributed by atoms with Crippen molar-refractivity contribution in [2.75, 3.05) is 12.3 Å². The molecular formula is C16H16F3N5O4. The van der Waals surface area contributed by atoms with Crippen molar-refractivity contribution in [3.05, 3.63) is 30.1 Å². The number of fused-ring (bicyclic) bond motifs is 1. The van der Waals surface area contributed by atoms with Gasteiger partial charge in [0.15, 0.2) is 0 Å². The summed E-state index contributed by atoms with van der Waals surface area (Å²) in [4.78, 5) is 40.3. The van der Waals surface area contributed by atoms with E-state index in [0.717, 1.165) is 16.5 Å². The van der Waals surface area contributed by atoms with E-state index in [2.05, 4.69) is 20.6 Å². The van der Waals surface area contributed by atoms with Gasteiger partial charge < -0.3 is 21.5 Å². The summed E-state index contributed by atoms with van der Waals surface area (Å²) >= 11 is 0. The van der Waals surface area contributed by atoms with Crippen molar-refractivity contribution in [3.8, 4) is 0 Å². The topological polar surface area (TPSA) is 147 Å². The monoisotopic (exact) mass is 399 g/mol. The van der Waals surface area contributed by atoms with E-state index >= 15 is 0 Å². The van der Waals surface area contributed by atoms with Crippen molar-refractivity contribution in [3.63, 3.8) is 0 Å². The summed E-state index contributed by atoms with van der Waals surface area (Å²) in [6, 6.07) is 5.54. The number of anilines is 1. The first-order valence-electron chi connectivity index (χ1n) is 7.94. The van der Waals surface area contributed by atoms with Crippen LogP contribution in [0.1, 0.15) is 12.0 Å². The molecule has 2 aromatic rings. The fourth-order valence-electron chi connectivity index (χ4n) is 2.39. The number of hydrogen-bond donors (Lipinski definition) is 4. The van der Waals surface area contributed by atoms with Gasteiger partial charge in [0.1, 0.15) is 18.1 Å². The van der Waals surface area contributed by atoms with Crippen LogP contribution in [-0.4, -0.2) is 45.6 Å². The standard InChI is InChI=1S/C14H15N5O2.C2HF3O2/c15-12-10-5-8(1-2-11(10)18-7-19-12)6-17-14(21)9-3-4-16-13(9)20;3-2(4,5)1(6)7/h1-2,5,7,9H,3-4,6H2,(H,16,20)(H,17,21)(H2,15,18,19);(H,6,7)/t9-;/m0./s1. The number of alkyl halides is 3. The number of aliphatic carboxylic acids is 1. The van der Waals surface area contributed by atoms with Gasteiger partial charge in [0.2, 0.25) is 11.8 Å². The van der Waals surface area contributed by atoms with Gasteiger partial charge in [-0.2, -0.15) is 13.2 Å². The summed E-state index contributed by atoms with van der Waals surface area (Å²) in [7, 11) is 0. The third-order valence-electron chi connectivity index (χ3n) is 3.81. The minimum atomic E-state index is -5.08. The van der Waals surface area contributed by atoms with E-state index in [1.807, 2.05) is 18.2 Å². The lowest BCUT2D eigenvalue weighted by molar-refractivity contribution is -0.192. The number of nitrogens with two attached hydrogens (primary N) is 1. The minimum absolute atomic E-state index is 0.205. The average Bonchev–Trinajstić information content (AvgIpc) is 3.06. The molecule has 0 radical (unpaired) electrons. The first kappa shape index (κ1) is 20.9. The van der Waals surface area contributed by atoms with E-state index in [-0.39, 0.29) is 11.8 Å². The van der Waals surface area contributed by atoms with Gasteiger partial charge in [-0.3, -0.25) is 9.59 Å². The van der Waals surface area contributed by atoms with Gasteiger partial charge in [0.05, 0.1) is 5.52 Å². The minimum Gasteiger partial charge on any atom is -0.475 e. The number of nitrogens with zero attached hydrogens (tertiary/aromatic N) is 2. The van der Waals surface area contributed by atoms with Crippen LogP contribution in [0, 0.1) is 5.92 Å². The van der Waals surface area contributed by atoms with Gasteiger partial charge in [-0.15, -0.1) is 0 Å². The highest BCUT2D eigenvalue weighted by molar-refractivity contribution is 6.01. The molecule has 0 aliphatic carbocycles. The number of rotatable bonds is 3. The number of benzene rings is 1. The van der Waals surface area contributed by atoms with E-state index in [1.165, 1.54) is 6.33 Å². The van der Waals surface area contributed by atoms with Crippen molar-refractivity contribution >= 4 is 34.5 Å². The van der Waals surface area contributed by atoms with Crippen molar-refractivity contribution in [2.45, 2.75) is 19.1 Å². The first-order chi connectivity index (χ1) is 13.1. The second-order valence-corrected chi connectivity index (χ2v) is 5.76. The fourth-order valence-corrected chi connectivity index (χ4v) is 2.39. The number of amides is 2. The van der Waals surface area contributed by atoms with Gasteiger partial charge in [-0.05, 0) is 24.1 Å². The molecule has 1 aliphatic heterocycles. The highest BCUT2D eigenvalue weighted by Crippen LogP contribution is 2.18. The van der Waals surface area contributed by atoms with Crippen molar-refractivity contribution in [1.29, 1.82) is 0 Å². The highest BCUT2D eigenvalue weighted by atomic mass is 19.4. The Labute approximate surface area is 156 Å². The zero-order valence-corrected chi connectivity index (χ0v) is 14.3. The summed E-state index contributed by atoms with van der Waals surface area (Å²) in [6.07, 6.45) is -3.12. The normalized spacial score (nSPS) is 16.1. The number of carbonyl (C=O) groups excluding carboxylic acids is 2. The molecule has 12 heteroatoms. The SMILES string of the molecule is Nc1ncnc2ccc(CNC(=O)[C@H]3CCNC3=O)cc12.O=C(O)C(F)(F)F.